The van der Waals surface area contributed by atoms with Gasteiger partial charge in [-0.25, -0.2) is 17.5 Å². The Balaban J connectivity index is 1.92. The number of anilines is 1. The average Bonchev–Trinajstić information content (AvgIpc) is 3.15. The summed E-state index contributed by atoms with van der Waals surface area (Å²) < 4.78 is 30.2. The fraction of sp³-hybridized carbons (Fsp3) is 0.409. The summed E-state index contributed by atoms with van der Waals surface area (Å²) in [6.45, 7) is 5.55. The number of nitrogens with zero attached hydrogens (tertiary/aromatic N) is 2. The smallest absolute Gasteiger partial charge is 0.413 e. The Morgan fingerprint density at radius 2 is 1.76 bits per heavy atom. The molecule has 0 fully saturated rings. The van der Waals surface area contributed by atoms with E-state index in [2.05, 4.69) is 34.1 Å². The predicted molar refractivity (Wildman–Crippen MR) is 129 cm³/mol. The molecular weight excluding hydrogens is 480 g/mol. The van der Waals surface area contributed by atoms with Crippen molar-refractivity contribution >= 4 is 44.3 Å². The van der Waals surface area contributed by atoms with Crippen LogP contribution in [-0.2, 0) is 27.7 Å². The zero-order valence-corrected chi connectivity index (χ0v) is 21.3. The third-order valence-electron chi connectivity index (χ3n) is 5.57. The lowest BCUT2D eigenvalue weighted by Crippen LogP contribution is -2.36. The summed E-state index contributed by atoms with van der Waals surface area (Å²) in [5.74, 6) is -1.15. The lowest BCUT2D eigenvalue weighted by molar-refractivity contribution is 0.0936. The van der Waals surface area contributed by atoms with E-state index in [1.165, 1.54) is 49.7 Å². The van der Waals surface area contributed by atoms with Crippen molar-refractivity contribution in [1.29, 1.82) is 0 Å². The van der Waals surface area contributed by atoms with Gasteiger partial charge < -0.3 is 10.1 Å². The first-order valence-electron chi connectivity index (χ1n) is 10.6. The topological polar surface area (TPSA) is 125 Å². The second-order valence-corrected chi connectivity index (χ2v) is 11.5. The maximum atomic E-state index is 12.9. The fourth-order valence-corrected chi connectivity index (χ4v) is 5.73. The number of sulfonamides is 1. The number of fused-ring (bicyclic) bond motifs is 1. The third-order valence-corrected chi connectivity index (χ3v) is 8.53. The summed E-state index contributed by atoms with van der Waals surface area (Å²) >= 11 is 1.29. The van der Waals surface area contributed by atoms with E-state index in [0.717, 1.165) is 28.4 Å². The highest BCUT2D eigenvalue weighted by Gasteiger charge is 2.30. The molecule has 2 heterocycles. The summed E-state index contributed by atoms with van der Waals surface area (Å²) in [4.78, 5) is 40.7. The number of hydrogen-bond donors (Lipinski definition) is 2. The molecule has 0 spiro atoms. The van der Waals surface area contributed by atoms with Crippen molar-refractivity contribution in [3.8, 4) is 0 Å². The summed E-state index contributed by atoms with van der Waals surface area (Å²) in [7, 11) is 0.392. The maximum Gasteiger partial charge on any atom is 0.413 e. The van der Waals surface area contributed by atoms with Gasteiger partial charge in [0.25, 0.3) is 11.8 Å². The van der Waals surface area contributed by atoms with E-state index in [4.69, 9.17) is 0 Å². The van der Waals surface area contributed by atoms with Gasteiger partial charge in [-0.1, -0.05) is 0 Å². The van der Waals surface area contributed by atoms with Crippen molar-refractivity contribution < 1.29 is 27.5 Å². The van der Waals surface area contributed by atoms with Crippen LogP contribution in [0.3, 0.4) is 0 Å². The van der Waals surface area contributed by atoms with Crippen LogP contribution in [0.2, 0.25) is 0 Å². The Morgan fingerprint density at radius 3 is 2.32 bits per heavy atom. The number of benzene rings is 1. The predicted octanol–water partition coefficient (Wildman–Crippen LogP) is 2.51. The average molecular weight is 509 g/mol. The van der Waals surface area contributed by atoms with Gasteiger partial charge in [0.2, 0.25) is 10.0 Å². The van der Waals surface area contributed by atoms with E-state index in [1.54, 1.807) is 0 Å². The van der Waals surface area contributed by atoms with Crippen LogP contribution in [0.5, 0.6) is 0 Å². The number of thiophene rings is 1. The molecule has 3 rings (SSSR count). The molecule has 2 N–H and O–H groups in total. The number of nitrogens with one attached hydrogen (secondary N) is 2. The molecule has 10 nitrogen and oxygen atoms in total. The maximum absolute atomic E-state index is 12.9. The second-order valence-electron chi connectivity index (χ2n) is 8.23. The molecule has 184 valence electrons. The number of rotatable bonds is 6. The Labute approximate surface area is 202 Å². The highest BCUT2D eigenvalue weighted by atomic mass is 32.2. The SMILES string of the molecule is COC(=O)NC(=O)c1c(NC(=O)c2ccc(S(=O)(=O)N(C)C)cc2)sc2c1CCN(C(C)C)C2. The van der Waals surface area contributed by atoms with Crippen molar-refractivity contribution in [2.45, 2.75) is 37.8 Å². The van der Waals surface area contributed by atoms with Gasteiger partial charge in [-0.05, 0) is 50.1 Å². The largest absolute Gasteiger partial charge is 0.453 e. The number of alkyl carbamates (subject to hydrolysis) is 1. The summed E-state index contributed by atoms with van der Waals surface area (Å²) in [6.07, 6.45) is -0.291. The number of methoxy groups -OCH3 is 1. The highest BCUT2D eigenvalue weighted by Crippen LogP contribution is 2.38. The molecule has 2 aromatic rings. The summed E-state index contributed by atoms with van der Waals surface area (Å²) in [6, 6.07) is 5.85. The molecule has 12 heteroatoms. The standard InChI is InChI=1S/C22H28N4O6S2/c1-13(2)26-11-10-16-17(12-26)33-21(18(16)20(28)24-22(29)32-5)23-19(27)14-6-8-15(9-7-14)34(30,31)25(3)4/h6-9,13H,10-12H2,1-5H3,(H,23,27)(H,24,28,29). The summed E-state index contributed by atoms with van der Waals surface area (Å²) in [5, 5.41) is 5.27. The lowest BCUT2D eigenvalue weighted by atomic mass is 10.0. The molecule has 1 aliphatic rings. The quantitative estimate of drug-likeness (QED) is 0.614. The monoisotopic (exact) mass is 508 g/mol. The molecular formula is C22H28N4O6S2. The van der Waals surface area contributed by atoms with Crippen molar-refractivity contribution in [2.24, 2.45) is 0 Å². The van der Waals surface area contributed by atoms with Crippen molar-refractivity contribution in [1.82, 2.24) is 14.5 Å². The van der Waals surface area contributed by atoms with Gasteiger partial charge in [-0.15, -0.1) is 11.3 Å². The van der Waals surface area contributed by atoms with Crippen LogP contribution in [0.4, 0.5) is 9.80 Å². The van der Waals surface area contributed by atoms with Crippen LogP contribution in [-0.4, -0.2) is 69.3 Å². The number of ether oxygens (including phenoxy) is 1. The Kier molecular flexibility index (Phi) is 7.76. The van der Waals surface area contributed by atoms with E-state index in [-0.39, 0.29) is 16.0 Å². The molecule has 0 unspecified atom stereocenters. The molecule has 1 aromatic heterocycles. The van der Waals surface area contributed by atoms with E-state index >= 15 is 0 Å². The number of carbonyl (C=O) groups excluding carboxylic acids is 3. The van der Waals surface area contributed by atoms with Crippen molar-refractivity contribution in [3.05, 3.63) is 45.8 Å². The lowest BCUT2D eigenvalue weighted by Gasteiger charge is -2.30. The molecule has 0 aliphatic carbocycles. The molecule has 0 bridgehead atoms. The molecule has 0 saturated heterocycles. The van der Waals surface area contributed by atoms with Crippen LogP contribution in [0.1, 0.15) is 45.0 Å². The molecule has 3 amide bonds. The number of hydrogen-bond acceptors (Lipinski definition) is 8. The van der Waals surface area contributed by atoms with Gasteiger partial charge in [-0.2, -0.15) is 0 Å². The molecule has 0 radical (unpaired) electrons. The zero-order chi connectivity index (χ0) is 25.2. The van der Waals surface area contributed by atoms with Gasteiger partial charge in [0.05, 0.1) is 17.6 Å². The first-order valence-corrected chi connectivity index (χ1v) is 12.8. The normalized spacial score (nSPS) is 14.1. The fourth-order valence-electron chi connectivity index (χ4n) is 3.56. The molecule has 1 aliphatic heterocycles. The minimum atomic E-state index is -3.62. The van der Waals surface area contributed by atoms with Crippen LogP contribution in [0.25, 0.3) is 0 Å². The molecule has 0 atom stereocenters. The molecule has 34 heavy (non-hydrogen) atoms. The van der Waals surface area contributed by atoms with Gasteiger partial charge in [0.15, 0.2) is 0 Å². The number of carbonyl (C=O) groups is 3. The third kappa shape index (κ3) is 5.30. The van der Waals surface area contributed by atoms with Gasteiger partial charge in [0.1, 0.15) is 5.00 Å². The van der Waals surface area contributed by atoms with E-state index < -0.39 is 27.9 Å². The Hall–Kier alpha value is -2.80. The van der Waals surface area contributed by atoms with Gasteiger partial charge >= 0.3 is 6.09 Å². The van der Waals surface area contributed by atoms with E-state index in [0.29, 0.717) is 24.0 Å². The van der Waals surface area contributed by atoms with Crippen LogP contribution < -0.4 is 10.6 Å². The summed E-state index contributed by atoms with van der Waals surface area (Å²) in [5.41, 5.74) is 1.27. The van der Waals surface area contributed by atoms with Crippen LogP contribution in [0.15, 0.2) is 29.2 Å². The minimum Gasteiger partial charge on any atom is -0.453 e. The van der Waals surface area contributed by atoms with Crippen LogP contribution in [0, 0.1) is 0 Å². The molecule has 1 aromatic carbocycles. The van der Waals surface area contributed by atoms with Gasteiger partial charge in [-0.3, -0.25) is 19.8 Å². The number of amides is 3. The highest BCUT2D eigenvalue weighted by molar-refractivity contribution is 7.89. The number of imide groups is 1. The molecule has 0 saturated carbocycles. The first-order chi connectivity index (χ1) is 15.9. The van der Waals surface area contributed by atoms with Gasteiger partial charge in [0, 0.05) is 43.7 Å². The second kappa shape index (κ2) is 10.2. The van der Waals surface area contributed by atoms with Crippen LogP contribution >= 0.6 is 11.3 Å². The zero-order valence-electron chi connectivity index (χ0n) is 19.7. The Morgan fingerprint density at radius 1 is 1.12 bits per heavy atom. The first kappa shape index (κ1) is 25.8. The van der Waals surface area contributed by atoms with E-state index in [9.17, 15) is 22.8 Å². The minimum absolute atomic E-state index is 0.0626. The van der Waals surface area contributed by atoms with Crippen molar-refractivity contribution in [3.63, 3.8) is 0 Å². The van der Waals surface area contributed by atoms with Crippen molar-refractivity contribution in [2.75, 3.05) is 33.1 Å². The van der Waals surface area contributed by atoms with E-state index in [1.807, 2.05) is 0 Å². The Bertz CT molecular complexity index is 1200.